The summed E-state index contributed by atoms with van der Waals surface area (Å²) in [7, 11) is 0. The second-order valence-corrected chi connectivity index (χ2v) is 7.11. The van der Waals surface area contributed by atoms with Crippen LogP contribution in [0.4, 0.5) is 0 Å². The molecule has 0 N–H and O–H groups in total. The molecule has 3 nitrogen and oxygen atoms in total. The zero-order valence-electron chi connectivity index (χ0n) is 13.1. The van der Waals surface area contributed by atoms with Crippen LogP contribution in [0.3, 0.4) is 0 Å². The number of hydrogen-bond acceptors (Lipinski definition) is 2. The second-order valence-electron chi connectivity index (χ2n) is 7.11. The quantitative estimate of drug-likeness (QED) is 0.767. The Kier molecular flexibility index (Phi) is 4.88. The molecule has 110 valence electrons. The van der Waals surface area contributed by atoms with Crippen molar-refractivity contribution in [3.8, 4) is 0 Å². The van der Waals surface area contributed by atoms with Gasteiger partial charge in [-0.3, -0.25) is 9.69 Å². The van der Waals surface area contributed by atoms with E-state index in [1.807, 2.05) is 0 Å². The van der Waals surface area contributed by atoms with Crippen molar-refractivity contribution in [1.29, 1.82) is 0 Å². The number of carbonyl (C=O) groups excluding carboxylic acids is 1. The first kappa shape index (κ1) is 14.8. The van der Waals surface area contributed by atoms with Gasteiger partial charge in [-0.15, -0.1) is 0 Å². The zero-order chi connectivity index (χ0) is 14.0. The maximum absolute atomic E-state index is 12.7. The van der Waals surface area contributed by atoms with E-state index in [-0.39, 0.29) is 6.04 Å². The van der Waals surface area contributed by atoms with Crippen molar-refractivity contribution in [3.05, 3.63) is 0 Å². The fourth-order valence-electron chi connectivity index (χ4n) is 3.84. The Labute approximate surface area is 118 Å². The normalized spacial score (nSPS) is 35.2. The molecule has 4 atom stereocenters. The number of hydrogen-bond donors (Lipinski definition) is 0. The first-order valence-electron chi connectivity index (χ1n) is 8.00. The van der Waals surface area contributed by atoms with E-state index in [1.165, 1.54) is 19.3 Å². The van der Waals surface area contributed by atoms with Crippen molar-refractivity contribution in [2.45, 2.75) is 53.0 Å². The Balaban J connectivity index is 1.94. The van der Waals surface area contributed by atoms with Gasteiger partial charge in [-0.1, -0.05) is 20.8 Å². The van der Waals surface area contributed by atoms with Gasteiger partial charge in [0.25, 0.3) is 0 Å². The van der Waals surface area contributed by atoms with Crippen molar-refractivity contribution >= 4 is 5.91 Å². The Bertz CT molecular complexity index is 308. The van der Waals surface area contributed by atoms with Gasteiger partial charge in [0, 0.05) is 19.6 Å². The molecule has 0 spiro atoms. The van der Waals surface area contributed by atoms with E-state index >= 15 is 0 Å². The molecule has 19 heavy (non-hydrogen) atoms. The highest BCUT2D eigenvalue weighted by Gasteiger charge is 2.32. The zero-order valence-corrected chi connectivity index (χ0v) is 13.1. The molecular weight excluding hydrogens is 236 g/mol. The highest BCUT2D eigenvalue weighted by molar-refractivity contribution is 5.81. The highest BCUT2D eigenvalue weighted by Crippen LogP contribution is 2.23. The maximum atomic E-state index is 12.7. The average Bonchev–Trinajstić information content (AvgIpc) is 2.36. The van der Waals surface area contributed by atoms with Crippen molar-refractivity contribution in [3.63, 3.8) is 0 Å². The molecule has 2 aliphatic heterocycles. The van der Waals surface area contributed by atoms with Gasteiger partial charge in [-0.05, 0) is 50.5 Å². The Morgan fingerprint density at radius 1 is 1.05 bits per heavy atom. The van der Waals surface area contributed by atoms with Crippen molar-refractivity contribution in [2.24, 2.45) is 17.8 Å². The van der Waals surface area contributed by atoms with Crippen LogP contribution in [-0.4, -0.2) is 47.9 Å². The third-order valence-corrected chi connectivity index (χ3v) is 4.77. The summed E-state index contributed by atoms with van der Waals surface area (Å²) in [5.41, 5.74) is 0. The number of piperidine rings is 2. The van der Waals surface area contributed by atoms with Crippen LogP contribution >= 0.6 is 0 Å². The standard InChI is InChI=1S/C16H30N2O/c1-12-6-5-7-17(9-12)15(4)16(19)18-10-13(2)8-14(3)11-18/h12-15H,5-11H2,1-4H3. The van der Waals surface area contributed by atoms with E-state index < -0.39 is 0 Å². The number of nitrogens with zero attached hydrogens (tertiary/aromatic N) is 2. The van der Waals surface area contributed by atoms with Gasteiger partial charge >= 0.3 is 0 Å². The van der Waals surface area contributed by atoms with Crippen LogP contribution < -0.4 is 0 Å². The van der Waals surface area contributed by atoms with Gasteiger partial charge in [-0.25, -0.2) is 0 Å². The van der Waals surface area contributed by atoms with Gasteiger partial charge in [0.2, 0.25) is 5.91 Å². The summed E-state index contributed by atoms with van der Waals surface area (Å²) >= 11 is 0. The van der Waals surface area contributed by atoms with Crippen molar-refractivity contribution in [2.75, 3.05) is 26.2 Å². The van der Waals surface area contributed by atoms with Gasteiger partial charge < -0.3 is 4.90 Å². The third-order valence-electron chi connectivity index (χ3n) is 4.77. The van der Waals surface area contributed by atoms with Crippen LogP contribution in [0, 0.1) is 17.8 Å². The molecule has 2 rings (SSSR count). The summed E-state index contributed by atoms with van der Waals surface area (Å²) in [6, 6.07) is 0.0697. The summed E-state index contributed by atoms with van der Waals surface area (Å²) in [5, 5.41) is 0. The van der Waals surface area contributed by atoms with Gasteiger partial charge in [0.1, 0.15) is 0 Å². The SMILES string of the molecule is CC1CC(C)CN(C(=O)C(C)N2CCCC(C)C2)C1. The van der Waals surface area contributed by atoms with E-state index in [1.54, 1.807) is 0 Å². The number of rotatable bonds is 2. The van der Waals surface area contributed by atoms with Crippen LogP contribution in [0.2, 0.25) is 0 Å². The summed E-state index contributed by atoms with van der Waals surface area (Å²) < 4.78 is 0. The molecule has 2 fully saturated rings. The van der Waals surface area contributed by atoms with Gasteiger partial charge in [0.15, 0.2) is 0 Å². The largest absolute Gasteiger partial charge is 0.341 e. The molecule has 0 aliphatic carbocycles. The average molecular weight is 266 g/mol. The summed E-state index contributed by atoms with van der Waals surface area (Å²) in [5.74, 6) is 2.40. The molecule has 0 saturated carbocycles. The predicted molar refractivity (Wildman–Crippen MR) is 79.0 cm³/mol. The smallest absolute Gasteiger partial charge is 0.239 e. The van der Waals surface area contributed by atoms with Crippen LogP contribution in [0.1, 0.15) is 47.0 Å². The third kappa shape index (κ3) is 3.71. The van der Waals surface area contributed by atoms with Crippen molar-refractivity contribution in [1.82, 2.24) is 9.80 Å². The molecule has 0 aromatic rings. The Morgan fingerprint density at radius 2 is 1.68 bits per heavy atom. The van der Waals surface area contributed by atoms with E-state index in [9.17, 15) is 4.79 Å². The lowest BCUT2D eigenvalue weighted by Crippen LogP contribution is -2.53. The maximum Gasteiger partial charge on any atom is 0.239 e. The van der Waals surface area contributed by atoms with E-state index in [4.69, 9.17) is 0 Å². The van der Waals surface area contributed by atoms with Crippen LogP contribution in [0.5, 0.6) is 0 Å². The number of amides is 1. The molecular formula is C16H30N2O. The van der Waals surface area contributed by atoms with Gasteiger partial charge in [0.05, 0.1) is 6.04 Å². The molecule has 3 heteroatoms. The predicted octanol–water partition coefficient (Wildman–Crippen LogP) is 2.61. The lowest BCUT2D eigenvalue weighted by molar-refractivity contribution is -0.139. The monoisotopic (exact) mass is 266 g/mol. The Hall–Kier alpha value is -0.570. The number of carbonyl (C=O) groups is 1. The summed E-state index contributed by atoms with van der Waals surface area (Å²) in [6.45, 7) is 13.0. The summed E-state index contributed by atoms with van der Waals surface area (Å²) in [4.78, 5) is 17.2. The van der Waals surface area contributed by atoms with Crippen LogP contribution in [-0.2, 0) is 4.79 Å². The molecule has 2 heterocycles. The Morgan fingerprint density at radius 3 is 2.26 bits per heavy atom. The molecule has 2 saturated heterocycles. The molecule has 1 amide bonds. The van der Waals surface area contributed by atoms with E-state index in [0.717, 1.165) is 32.1 Å². The highest BCUT2D eigenvalue weighted by atomic mass is 16.2. The first-order valence-corrected chi connectivity index (χ1v) is 8.00. The fraction of sp³-hybridized carbons (Fsp3) is 0.938. The fourth-order valence-corrected chi connectivity index (χ4v) is 3.84. The molecule has 0 radical (unpaired) electrons. The van der Waals surface area contributed by atoms with Crippen molar-refractivity contribution < 1.29 is 4.79 Å². The minimum absolute atomic E-state index is 0.0697. The minimum Gasteiger partial charge on any atom is -0.341 e. The minimum atomic E-state index is 0.0697. The lowest BCUT2D eigenvalue weighted by Gasteiger charge is -2.40. The van der Waals surface area contributed by atoms with Gasteiger partial charge in [-0.2, -0.15) is 0 Å². The molecule has 4 unspecified atom stereocenters. The molecule has 0 aromatic carbocycles. The first-order chi connectivity index (χ1) is 8.97. The van der Waals surface area contributed by atoms with E-state index in [2.05, 4.69) is 37.5 Å². The molecule has 0 bridgehead atoms. The second kappa shape index (κ2) is 6.25. The number of likely N-dealkylation sites (tertiary alicyclic amines) is 2. The molecule has 2 aliphatic rings. The summed E-state index contributed by atoms with van der Waals surface area (Å²) in [6.07, 6.45) is 3.82. The lowest BCUT2D eigenvalue weighted by atomic mass is 9.91. The van der Waals surface area contributed by atoms with Crippen LogP contribution in [0.15, 0.2) is 0 Å². The molecule has 0 aromatic heterocycles. The topological polar surface area (TPSA) is 23.6 Å². The van der Waals surface area contributed by atoms with E-state index in [0.29, 0.717) is 17.7 Å². The van der Waals surface area contributed by atoms with Crippen LogP contribution in [0.25, 0.3) is 0 Å².